The third-order valence-electron chi connectivity index (χ3n) is 4.06. The van der Waals surface area contributed by atoms with Gasteiger partial charge in [-0.15, -0.1) is 0 Å². The predicted molar refractivity (Wildman–Crippen MR) is 86.4 cm³/mol. The molecular weight excluding hydrogens is 268 g/mol. The largest absolute Gasteiger partial charge is 0.381 e. The Morgan fingerprint density at radius 3 is 2.50 bits per heavy atom. The second-order valence-electron chi connectivity index (χ2n) is 5.81. The van der Waals surface area contributed by atoms with Crippen molar-refractivity contribution in [2.75, 3.05) is 16.4 Å². The number of hydrogen-bond acceptors (Lipinski definition) is 3. The highest BCUT2D eigenvalue weighted by molar-refractivity contribution is 8.00. The fourth-order valence-electron chi connectivity index (χ4n) is 2.57. The van der Waals surface area contributed by atoms with E-state index in [0.29, 0.717) is 11.3 Å². The minimum absolute atomic E-state index is 0.169. The quantitative estimate of drug-likeness (QED) is 0.887. The van der Waals surface area contributed by atoms with Crippen molar-refractivity contribution in [2.45, 2.75) is 43.9 Å². The van der Waals surface area contributed by atoms with Gasteiger partial charge < -0.3 is 10.6 Å². The third-order valence-corrected chi connectivity index (χ3v) is 5.44. The summed E-state index contributed by atoms with van der Waals surface area (Å²) in [5.41, 5.74) is 2.05. The molecule has 2 N–H and O–H groups in total. The van der Waals surface area contributed by atoms with E-state index in [9.17, 15) is 4.79 Å². The molecule has 1 aromatic rings. The predicted octanol–water partition coefficient (Wildman–Crippen LogP) is 3.73. The molecule has 2 atom stereocenters. The lowest BCUT2D eigenvalue weighted by molar-refractivity contribution is -0.117. The van der Waals surface area contributed by atoms with Gasteiger partial charge in [-0.05, 0) is 55.7 Å². The Balaban J connectivity index is 1.56. The van der Waals surface area contributed by atoms with Crippen LogP contribution in [0.25, 0.3) is 0 Å². The molecule has 1 aliphatic heterocycles. The first-order chi connectivity index (χ1) is 9.72. The molecule has 0 bridgehead atoms. The summed E-state index contributed by atoms with van der Waals surface area (Å²) < 4.78 is 0. The number of carbonyl (C=O) groups is 1. The van der Waals surface area contributed by atoms with Gasteiger partial charge in [0.05, 0.1) is 0 Å². The summed E-state index contributed by atoms with van der Waals surface area (Å²) in [5, 5.41) is 7.25. The minimum atomic E-state index is 0.169. The first-order valence-electron chi connectivity index (χ1n) is 7.51. The normalized spacial score (nSPS) is 26.1. The summed E-state index contributed by atoms with van der Waals surface area (Å²) in [6.07, 6.45) is 4.63. The standard InChI is InChI=1S/C16H22N2OS/c1-11-15(3-2-10-20-11)17-13-6-8-14(9-7-13)18-16(19)12-4-5-12/h6-9,11-12,15,17H,2-5,10H2,1H3,(H,18,19). The molecule has 0 spiro atoms. The van der Waals surface area contributed by atoms with E-state index >= 15 is 0 Å². The van der Waals surface area contributed by atoms with Crippen LogP contribution in [0.5, 0.6) is 0 Å². The highest BCUT2D eigenvalue weighted by Gasteiger charge is 2.29. The average molecular weight is 290 g/mol. The van der Waals surface area contributed by atoms with E-state index in [1.54, 1.807) is 0 Å². The van der Waals surface area contributed by atoms with Crippen LogP contribution in [0.3, 0.4) is 0 Å². The van der Waals surface area contributed by atoms with Crippen LogP contribution in [0.4, 0.5) is 11.4 Å². The lowest BCUT2D eigenvalue weighted by atomic mass is 10.1. The second kappa shape index (κ2) is 6.08. The summed E-state index contributed by atoms with van der Waals surface area (Å²) in [7, 11) is 0. The second-order valence-corrected chi connectivity index (χ2v) is 7.29. The number of thioether (sulfide) groups is 1. The van der Waals surface area contributed by atoms with Crippen molar-refractivity contribution in [2.24, 2.45) is 5.92 Å². The molecule has 2 unspecified atom stereocenters. The van der Waals surface area contributed by atoms with E-state index in [2.05, 4.69) is 29.7 Å². The first-order valence-corrected chi connectivity index (χ1v) is 8.56. The summed E-state index contributed by atoms with van der Waals surface area (Å²) >= 11 is 2.05. The van der Waals surface area contributed by atoms with Crippen molar-refractivity contribution in [1.29, 1.82) is 0 Å². The monoisotopic (exact) mass is 290 g/mol. The number of benzene rings is 1. The van der Waals surface area contributed by atoms with Crippen molar-refractivity contribution in [3.05, 3.63) is 24.3 Å². The van der Waals surface area contributed by atoms with Gasteiger partial charge in [0.2, 0.25) is 5.91 Å². The van der Waals surface area contributed by atoms with E-state index in [1.165, 1.54) is 18.6 Å². The fourth-order valence-corrected chi connectivity index (χ4v) is 3.71. The van der Waals surface area contributed by atoms with E-state index in [4.69, 9.17) is 0 Å². The van der Waals surface area contributed by atoms with Gasteiger partial charge in [-0.25, -0.2) is 0 Å². The highest BCUT2D eigenvalue weighted by Crippen LogP contribution is 2.31. The summed E-state index contributed by atoms with van der Waals surface area (Å²) in [5.74, 6) is 1.71. The van der Waals surface area contributed by atoms with Crippen LogP contribution >= 0.6 is 11.8 Å². The number of nitrogens with one attached hydrogen (secondary N) is 2. The van der Waals surface area contributed by atoms with Gasteiger partial charge in [-0.1, -0.05) is 6.92 Å². The number of anilines is 2. The molecule has 2 aliphatic rings. The molecule has 0 radical (unpaired) electrons. The van der Waals surface area contributed by atoms with Gasteiger partial charge in [0.25, 0.3) is 0 Å². The number of hydrogen-bond donors (Lipinski definition) is 2. The van der Waals surface area contributed by atoms with Crippen molar-refractivity contribution in [3.8, 4) is 0 Å². The van der Waals surface area contributed by atoms with E-state index in [1.807, 2.05) is 23.9 Å². The Morgan fingerprint density at radius 1 is 1.15 bits per heavy atom. The Hall–Kier alpha value is -1.16. The number of carbonyl (C=O) groups excluding carboxylic acids is 1. The van der Waals surface area contributed by atoms with Crippen LogP contribution in [0.2, 0.25) is 0 Å². The summed E-state index contributed by atoms with van der Waals surface area (Å²) in [6, 6.07) is 8.66. The molecule has 3 nitrogen and oxygen atoms in total. The number of amides is 1. The Labute approximate surface area is 124 Å². The molecule has 1 saturated carbocycles. The van der Waals surface area contributed by atoms with E-state index in [-0.39, 0.29) is 11.8 Å². The maximum absolute atomic E-state index is 11.7. The zero-order valence-electron chi connectivity index (χ0n) is 11.9. The SMILES string of the molecule is CC1SCCCC1Nc1ccc(NC(=O)C2CC2)cc1. The minimum Gasteiger partial charge on any atom is -0.381 e. The molecule has 3 rings (SSSR count). The Kier molecular flexibility index (Phi) is 4.20. The molecule has 0 aromatic heterocycles. The fraction of sp³-hybridized carbons (Fsp3) is 0.562. The molecule has 1 aliphatic carbocycles. The van der Waals surface area contributed by atoms with Crippen LogP contribution in [-0.2, 0) is 4.79 Å². The summed E-state index contributed by atoms with van der Waals surface area (Å²) in [4.78, 5) is 11.7. The molecule has 1 saturated heterocycles. The maximum Gasteiger partial charge on any atom is 0.227 e. The average Bonchev–Trinajstić information content (AvgIpc) is 3.28. The molecule has 4 heteroatoms. The van der Waals surface area contributed by atoms with Crippen LogP contribution in [0.1, 0.15) is 32.6 Å². The maximum atomic E-state index is 11.7. The highest BCUT2D eigenvalue weighted by atomic mass is 32.2. The summed E-state index contributed by atoms with van der Waals surface area (Å²) in [6.45, 7) is 2.30. The third kappa shape index (κ3) is 3.48. The van der Waals surface area contributed by atoms with Crippen molar-refractivity contribution >= 4 is 29.0 Å². The lowest BCUT2D eigenvalue weighted by Crippen LogP contribution is -2.32. The van der Waals surface area contributed by atoms with Crippen LogP contribution in [0, 0.1) is 5.92 Å². The molecule has 2 fully saturated rings. The number of rotatable bonds is 4. The molecule has 1 heterocycles. The van der Waals surface area contributed by atoms with Crippen LogP contribution in [-0.4, -0.2) is 23.0 Å². The molecule has 1 aromatic carbocycles. The van der Waals surface area contributed by atoms with Crippen molar-refractivity contribution in [3.63, 3.8) is 0 Å². The van der Waals surface area contributed by atoms with Gasteiger partial charge in [0, 0.05) is 28.6 Å². The Morgan fingerprint density at radius 2 is 1.85 bits per heavy atom. The topological polar surface area (TPSA) is 41.1 Å². The lowest BCUT2D eigenvalue weighted by Gasteiger charge is -2.30. The Bertz CT molecular complexity index is 470. The van der Waals surface area contributed by atoms with Gasteiger partial charge >= 0.3 is 0 Å². The van der Waals surface area contributed by atoms with Crippen molar-refractivity contribution < 1.29 is 4.79 Å². The zero-order valence-corrected chi connectivity index (χ0v) is 12.7. The van der Waals surface area contributed by atoms with Crippen molar-refractivity contribution in [1.82, 2.24) is 0 Å². The molecule has 20 heavy (non-hydrogen) atoms. The smallest absolute Gasteiger partial charge is 0.227 e. The molecule has 1 amide bonds. The van der Waals surface area contributed by atoms with Gasteiger partial charge in [0.1, 0.15) is 0 Å². The zero-order chi connectivity index (χ0) is 13.9. The molecule has 108 valence electrons. The first kappa shape index (κ1) is 13.8. The molecular formula is C16H22N2OS. The van der Waals surface area contributed by atoms with E-state index in [0.717, 1.165) is 24.2 Å². The van der Waals surface area contributed by atoms with Gasteiger partial charge in [-0.3, -0.25) is 4.79 Å². The van der Waals surface area contributed by atoms with Gasteiger partial charge in [0.15, 0.2) is 0 Å². The van der Waals surface area contributed by atoms with E-state index < -0.39 is 0 Å². The van der Waals surface area contributed by atoms with Crippen LogP contribution in [0.15, 0.2) is 24.3 Å². The van der Waals surface area contributed by atoms with Gasteiger partial charge in [-0.2, -0.15) is 11.8 Å². The van der Waals surface area contributed by atoms with Crippen LogP contribution < -0.4 is 10.6 Å².